The molecule has 0 radical (unpaired) electrons. The molecule has 0 amide bonds. The molecule has 0 aliphatic carbocycles. The number of ether oxygens (including phenoxy) is 1. The van der Waals surface area contributed by atoms with Crippen LogP contribution in [0.4, 0.5) is 24.9 Å². The quantitative estimate of drug-likeness (QED) is 0.830. The fraction of sp³-hybridized carbons (Fsp3) is 0.474. The normalized spacial score (nSPS) is 15.3. The van der Waals surface area contributed by atoms with E-state index in [0.717, 1.165) is 29.1 Å². The van der Waals surface area contributed by atoms with Crippen LogP contribution in [-0.4, -0.2) is 28.9 Å². The third kappa shape index (κ3) is 5.02. The first-order chi connectivity index (χ1) is 12.7. The molecule has 3 rings (SSSR count). The lowest BCUT2D eigenvalue weighted by molar-refractivity contribution is -0.274. The molecule has 1 aliphatic rings. The Morgan fingerprint density at radius 3 is 2.70 bits per heavy atom. The fourth-order valence-corrected chi connectivity index (χ4v) is 3.02. The fourth-order valence-electron chi connectivity index (χ4n) is 3.02. The summed E-state index contributed by atoms with van der Waals surface area (Å²) < 4.78 is 41.2. The highest BCUT2D eigenvalue weighted by atomic mass is 19.4. The van der Waals surface area contributed by atoms with E-state index in [1.807, 2.05) is 13.0 Å². The molecule has 146 valence electrons. The minimum absolute atomic E-state index is 0.173. The predicted molar refractivity (Wildman–Crippen MR) is 98.0 cm³/mol. The lowest BCUT2D eigenvalue weighted by atomic mass is 9.99. The molecule has 0 saturated carbocycles. The lowest BCUT2D eigenvalue weighted by Crippen LogP contribution is -2.31. The van der Waals surface area contributed by atoms with Gasteiger partial charge in [-0.3, -0.25) is 0 Å². The molecule has 1 aliphatic heterocycles. The number of rotatable bonds is 5. The standard InChI is InChI=1S/C19H23F3N4O/c1-4-12(2)23-18-24-13(3)9-17(25-18)26-8-7-14-10-16(27-19(20,21)22)6-5-15(14)11-26/h5-6,9-10,12H,4,7-8,11H2,1-3H3,(H,23,24,25)/t12-/m0/s1. The summed E-state index contributed by atoms with van der Waals surface area (Å²) in [4.78, 5) is 11.2. The number of hydrogen-bond donors (Lipinski definition) is 1. The summed E-state index contributed by atoms with van der Waals surface area (Å²) in [6.45, 7) is 7.34. The zero-order valence-electron chi connectivity index (χ0n) is 15.6. The van der Waals surface area contributed by atoms with Crippen LogP contribution in [0.15, 0.2) is 24.3 Å². The number of aromatic nitrogens is 2. The molecule has 5 nitrogen and oxygen atoms in total. The largest absolute Gasteiger partial charge is 0.573 e. The summed E-state index contributed by atoms with van der Waals surface area (Å²) in [6, 6.07) is 6.72. The van der Waals surface area contributed by atoms with Gasteiger partial charge in [0.2, 0.25) is 5.95 Å². The van der Waals surface area contributed by atoms with E-state index in [-0.39, 0.29) is 11.8 Å². The van der Waals surface area contributed by atoms with E-state index in [2.05, 4.69) is 38.8 Å². The molecular formula is C19H23F3N4O. The van der Waals surface area contributed by atoms with Gasteiger partial charge < -0.3 is 15.0 Å². The summed E-state index contributed by atoms with van der Waals surface area (Å²) in [6.07, 6.45) is -3.08. The number of halogens is 3. The van der Waals surface area contributed by atoms with E-state index < -0.39 is 6.36 Å². The predicted octanol–water partition coefficient (Wildman–Crippen LogP) is 4.46. The van der Waals surface area contributed by atoms with Crippen LogP contribution in [0.5, 0.6) is 5.75 Å². The van der Waals surface area contributed by atoms with Gasteiger partial charge in [-0.05, 0) is 49.9 Å². The molecule has 0 bridgehead atoms. The third-order valence-electron chi connectivity index (χ3n) is 4.58. The van der Waals surface area contributed by atoms with Gasteiger partial charge in [0.25, 0.3) is 0 Å². The molecule has 2 heterocycles. The van der Waals surface area contributed by atoms with Gasteiger partial charge in [0.05, 0.1) is 0 Å². The summed E-state index contributed by atoms with van der Waals surface area (Å²) in [7, 11) is 0. The van der Waals surface area contributed by atoms with Crippen molar-refractivity contribution in [2.24, 2.45) is 0 Å². The first-order valence-electron chi connectivity index (χ1n) is 8.98. The van der Waals surface area contributed by atoms with Crippen molar-refractivity contribution in [1.29, 1.82) is 0 Å². The van der Waals surface area contributed by atoms with Crippen LogP contribution in [-0.2, 0) is 13.0 Å². The van der Waals surface area contributed by atoms with E-state index in [1.54, 1.807) is 6.07 Å². The van der Waals surface area contributed by atoms with E-state index in [0.29, 0.717) is 25.5 Å². The topological polar surface area (TPSA) is 50.3 Å². The highest BCUT2D eigenvalue weighted by Gasteiger charge is 2.31. The zero-order valence-corrected chi connectivity index (χ0v) is 15.6. The molecular weight excluding hydrogens is 357 g/mol. The summed E-state index contributed by atoms with van der Waals surface area (Å²) in [5, 5.41) is 3.29. The molecule has 0 unspecified atom stereocenters. The van der Waals surface area contributed by atoms with E-state index in [9.17, 15) is 13.2 Å². The molecule has 27 heavy (non-hydrogen) atoms. The Hall–Kier alpha value is -2.51. The van der Waals surface area contributed by atoms with Crippen molar-refractivity contribution in [3.05, 3.63) is 41.1 Å². The average Bonchev–Trinajstić information content (AvgIpc) is 2.59. The Kier molecular flexibility index (Phi) is 5.43. The van der Waals surface area contributed by atoms with Crippen molar-refractivity contribution in [2.45, 2.75) is 52.6 Å². The average molecular weight is 380 g/mol. The van der Waals surface area contributed by atoms with Gasteiger partial charge in [-0.25, -0.2) is 4.98 Å². The second-order valence-electron chi connectivity index (χ2n) is 6.79. The molecule has 0 fully saturated rings. The first kappa shape index (κ1) is 19.3. The Morgan fingerprint density at radius 2 is 2.00 bits per heavy atom. The minimum Gasteiger partial charge on any atom is -0.406 e. The van der Waals surface area contributed by atoms with Gasteiger partial charge in [-0.2, -0.15) is 4.98 Å². The number of fused-ring (bicyclic) bond motifs is 1. The van der Waals surface area contributed by atoms with E-state index >= 15 is 0 Å². The summed E-state index contributed by atoms with van der Waals surface area (Å²) >= 11 is 0. The van der Waals surface area contributed by atoms with Gasteiger partial charge in [-0.1, -0.05) is 13.0 Å². The van der Waals surface area contributed by atoms with Crippen LogP contribution < -0.4 is 15.0 Å². The van der Waals surface area contributed by atoms with Crippen molar-refractivity contribution >= 4 is 11.8 Å². The second kappa shape index (κ2) is 7.62. The number of nitrogens with zero attached hydrogens (tertiary/aromatic N) is 3. The van der Waals surface area contributed by atoms with Crippen molar-refractivity contribution in [2.75, 3.05) is 16.8 Å². The maximum Gasteiger partial charge on any atom is 0.573 e. The molecule has 0 saturated heterocycles. The van der Waals surface area contributed by atoms with Gasteiger partial charge in [0.1, 0.15) is 11.6 Å². The van der Waals surface area contributed by atoms with Crippen molar-refractivity contribution < 1.29 is 17.9 Å². The van der Waals surface area contributed by atoms with Gasteiger partial charge in [0.15, 0.2) is 0 Å². The van der Waals surface area contributed by atoms with E-state index in [1.165, 1.54) is 12.1 Å². The van der Waals surface area contributed by atoms with Gasteiger partial charge in [-0.15, -0.1) is 13.2 Å². The third-order valence-corrected chi connectivity index (χ3v) is 4.58. The monoisotopic (exact) mass is 380 g/mol. The molecule has 8 heteroatoms. The Bertz CT molecular complexity index is 810. The zero-order chi connectivity index (χ0) is 19.6. The maximum atomic E-state index is 12.4. The number of anilines is 2. The van der Waals surface area contributed by atoms with Crippen LogP contribution in [0.1, 0.15) is 37.1 Å². The molecule has 1 atom stereocenters. The molecule has 1 aromatic carbocycles. The Balaban J connectivity index is 1.78. The summed E-state index contributed by atoms with van der Waals surface area (Å²) in [5.74, 6) is 1.24. The SMILES string of the molecule is CC[C@H](C)Nc1nc(C)cc(N2CCc3cc(OC(F)(F)F)ccc3C2)n1. The number of alkyl halides is 3. The summed E-state index contributed by atoms with van der Waals surface area (Å²) in [5.41, 5.74) is 2.71. The molecule has 1 N–H and O–H groups in total. The number of aryl methyl sites for hydroxylation is 1. The molecule has 0 spiro atoms. The molecule has 2 aromatic rings. The van der Waals surface area contributed by atoms with Crippen LogP contribution >= 0.6 is 0 Å². The highest BCUT2D eigenvalue weighted by molar-refractivity contribution is 5.49. The van der Waals surface area contributed by atoms with Crippen molar-refractivity contribution in [3.63, 3.8) is 0 Å². The number of nitrogens with one attached hydrogen (secondary N) is 1. The van der Waals surface area contributed by atoms with Crippen LogP contribution in [0, 0.1) is 6.92 Å². The second-order valence-corrected chi connectivity index (χ2v) is 6.79. The lowest BCUT2D eigenvalue weighted by Gasteiger charge is -2.30. The Morgan fingerprint density at radius 1 is 1.22 bits per heavy atom. The van der Waals surface area contributed by atoms with Crippen molar-refractivity contribution in [1.82, 2.24) is 9.97 Å². The number of benzene rings is 1. The smallest absolute Gasteiger partial charge is 0.406 e. The maximum absolute atomic E-state index is 12.4. The van der Waals surface area contributed by atoms with Crippen molar-refractivity contribution in [3.8, 4) is 5.75 Å². The number of hydrogen-bond acceptors (Lipinski definition) is 5. The van der Waals surface area contributed by atoms with Crippen LogP contribution in [0.2, 0.25) is 0 Å². The van der Waals surface area contributed by atoms with Crippen LogP contribution in [0.25, 0.3) is 0 Å². The Labute approximate surface area is 156 Å². The van der Waals surface area contributed by atoms with Gasteiger partial charge in [0, 0.05) is 30.9 Å². The van der Waals surface area contributed by atoms with Crippen LogP contribution in [0.3, 0.4) is 0 Å². The highest BCUT2D eigenvalue weighted by Crippen LogP contribution is 2.29. The molecule has 1 aromatic heterocycles. The van der Waals surface area contributed by atoms with E-state index in [4.69, 9.17) is 0 Å². The minimum atomic E-state index is -4.67. The van der Waals surface area contributed by atoms with Gasteiger partial charge >= 0.3 is 6.36 Å². The first-order valence-corrected chi connectivity index (χ1v) is 8.98.